The summed E-state index contributed by atoms with van der Waals surface area (Å²) in [5, 5.41) is 21.4. The molecule has 2 aromatic heterocycles. The van der Waals surface area contributed by atoms with Crippen LogP contribution in [0.1, 0.15) is 17.7 Å². The van der Waals surface area contributed by atoms with Crippen molar-refractivity contribution in [3.05, 3.63) is 51.1 Å². The van der Waals surface area contributed by atoms with Gasteiger partial charge in [0.05, 0.1) is 10.6 Å². The third kappa shape index (κ3) is 4.11. The van der Waals surface area contributed by atoms with Gasteiger partial charge in [-0.15, -0.1) is 10.2 Å². The Morgan fingerprint density at radius 1 is 1.31 bits per heavy atom. The Bertz CT molecular complexity index is 1050. The summed E-state index contributed by atoms with van der Waals surface area (Å²) >= 11 is 13.3. The van der Waals surface area contributed by atoms with Gasteiger partial charge in [-0.25, -0.2) is 0 Å². The zero-order valence-electron chi connectivity index (χ0n) is 13.3. The second kappa shape index (κ2) is 7.70. The van der Waals surface area contributed by atoms with Crippen molar-refractivity contribution in [2.45, 2.75) is 6.92 Å². The smallest absolute Gasteiger partial charge is 0.223 e. The average Bonchev–Trinajstić information content (AvgIpc) is 3.24. The fraction of sp³-hybridized carbons (Fsp3) is 0.0588. The zero-order chi connectivity index (χ0) is 18.7. The maximum Gasteiger partial charge on any atom is 0.223 e. The minimum absolute atomic E-state index is 0.260. The van der Waals surface area contributed by atoms with Crippen molar-refractivity contribution in [2.24, 2.45) is 0 Å². The summed E-state index contributed by atoms with van der Waals surface area (Å²) in [5.41, 5.74) is 0.915. The van der Waals surface area contributed by atoms with Crippen LogP contribution in [0.15, 0.2) is 34.7 Å². The lowest BCUT2D eigenvalue weighted by molar-refractivity contribution is -0.114. The second-order valence-corrected chi connectivity index (χ2v) is 6.91. The number of anilines is 1. The molecule has 0 bridgehead atoms. The normalized spacial score (nSPS) is 11.2. The van der Waals surface area contributed by atoms with Gasteiger partial charge in [0, 0.05) is 23.6 Å². The molecule has 1 amide bonds. The SMILES string of the molecule is CC(=O)Nc1nnc(/C(C#N)=C/c2ccc(-c3cc(Cl)ccc3Cl)o2)s1. The van der Waals surface area contributed by atoms with Gasteiger partial charge in [0.1, 0.15) is 17.6 Å². The van der Waals surface area contributed by atoms with Gasteiger partial charge in [0.2, 0.25) is 11.0 Å². The quantitative estimate of drug-likeness (QED) is 0.608. The van der Waals surface area contributed by atoms with Crippen LogP contribution in [0.25, 0.3) is 23.0 Å². The van der Waals surface area contributed by atoms with Crippen molar-refractivity contribution in [1.82, 2.24) is 10.2 Å². The summed E-state index contributed by atoms with van der Waals surface area (Å²) in [6.07, 6.45) is 1.54. The van der Waals surface area contributed by atoms with E-state index in [4.69, 9.17) is 27.6 Å². The molecule has 0 saturated carbocycles. The number of nitrogens with one attached hydrogen (secondary N) is 1. The predicted octanol–water partition coefficient (Wildman–Crippen LogP) is 5.13. The number of carbonyl (C=O) groups excluding carboxylic acids is 1. The number of rotatable bonds is 4. The first-order valence-corrected chi connectivity index (χ1v) is 8.82. The highest BCUT2D eigenvalue weighted by atomic mass is 35.5. The van der Waals surface area contributed by atoms with Gasteiger partial charge in [0.15, 0.2) is 5.01 Å². The van der Waals surface area contributed by atoms with E-state index in [0.717, 1.165) is 11.3 Å². The Labute approximate surface area is 162 Å². The molecule has 2 heterocycles. The van der Waals surface area contributed by atoms with Gasteiger partial charge in [-0.05, 0) is 30.3 Å². The second-order valence-electron chi connectivity index (χ2n) is 5.09. The molecule has 1 N–H and O–H groups in total. The molecule has 9 heteroatoms. The minimum atomic E-state index is -0.260. The lowest BCUT2D eigenvalue weighted by atomic mass is 10.2. The molecule has 0 aliphatic rings. The van der Waals surface area contributed by atoms with E-state index >= 15 is 0 Å². The van der Waals surface area contributed by atoms with Gasteiger partial charge >= 0.3 is 0 Å². The molecule has 0 spiro atoms. The van der Waals surface area contributed by atoms with E-state index in [1.54, 1.807) is 36.4 Å². The number of aromatic nitrogens is 2. The Morgan fingerprint density at radius 3 is 2.85 bits per heavy atom. The van der Waals surface area contributed by atoms with Crippen molar-refractivity contribution in [3.8, 4) is 17.4 Å². The molecule has 0 aliphatic carbocycles. The Kier molecular flexibility index (Phi) is 5.38. The van der Waals surface area contributed by atoms with Gasteiger partial charge in [-0.1, -0.05) is 34.5 Å². The molecule has 1 aromatic carbocycles. The third-order valence-corrected chi connectivity index (χ3v) is 4.60. The van der Waals surface area contributed by atoms with Crippen LogP contribution in [0.3, 0.4) is 0 Å². The number of benzene rings is 1. The van der Waals surface area contributed by atoms with Crippen molar-refractivity contribution < 1.29 is 9.21 Å². The Hall–Kier alpha value is -2.66. The molecule has 0 fully saturated rings. The number of amides is 1. The highest BCUT2D eigenvalue weighted by Crippen LogP contribution is 2.33. The van der Waals surface area contributed by atoms with Gasteiger partial charge in [-0.2, -0.15) is 5.26 Å². The summed E-state index contributed by atoms with van der Waals surface area (Å²) in [6, 6.07) is 10.6. The topological polar surface area (TPSA) is 91.8 Å². The summed E-state index contributed by atoms with van der Waals surface area (Å²) in [5.74, 6) is 0.713. The van der Waals surface area contributed by atoms with Crippen LogP contribution in [-0.4, -0.2) is 16.1 Å². The molecule has 0 aliphatic heterocycles. The van der Waals surface area contributed by atoms with Gasteiger partial charge < -0.3 is 9.73 Å². The number of hydrogen-bond acceptors (Lipinski definition) is 6. The number of carbonyl (C=O) groups is 1. The van der Waals surface area contributed by atoms with Crippen molar-refractivity contribution in [1.29, 1.82) is 5.26 Å². The molecule has 26 heavy (non-hydrogen) atoms. The maximum atomic E-state index is 11.1. The van der Waals surface area contributed by atoms with Crippen molar-refractivity contribution in [2.75, 3.05) is 5.32 Å². The van der Waals surface area contributed by atoms with Crippen LogP contribution in [0.5, 0.6) is 0 Å². The molecule has 0 radical (unpaired) electrons. The zero-order valence-corrected chi connectivity index (χ0v) is 15.6. The van der Waals surface area contributed by atoms with E-state index in [2.05, 4.69) is 21.6 Å². The molecule has 3 aromatic rings. The molecule has 0 unspecified atom stereocenters. The van der Waals surface area contributed by atoms with Crippen molar-refractivity contribution >= 4 is 57.2 Å². The summed E-state index contributed by atoms with van der Waals surface area (Å²) in [7, 11) is 0. The lowest BCUT2D eigenvalue weighted by Gasteiger charge is -2.01. The maximum absolute atomic E-state index is 11.1. The van der Waals surface area contributed by atoms with Gasteiger partial charge in [0.25, 0.3) is 0 Å². The number of furan rings is 1. The summed E-state index contributed by atoms with van der Waals surface area (Å²) in [4.78, 5) is 11.1. The van der Waals surface area contributed by atoms with Crippen LogP contribution in [-0.2, 0) is 4.79 Å². The lowest BCUT2D eigenvalue weighted by Crippen LogP contribution is -2.04. The van der Waals surface area contributed by atoms with Crippen LogP contribution < -0.4 is 5.32 Å². The minimum Gasteiger partial charge on any atom is -0.457 e. The highest BCUT2D eigenvalue weighted by Gasteiger charge is 2.13. The van der Waals surface area contributed by atoms with E-state index in [0.29, 0.717) is 37.3 Å². The molecule has 130 valence electrons. The molecular formula is C17H10Cl2N4O2S. The fourth-order valence-electron chi connectivity index (χ4n) is 2.08. The average molecular weight is 405 g/mol. The molecule has 6 nitrogen and oxygen atoms in total. The number of hydrogen-bond donors (Lipinski definition) is 1. The Morgan fingerprint density at radius 2 is 2.12 bits per heavy atom. The van der Waals surface area contributed by atoms with E-state index in [9.17, 15) is 10.1 Å². The van der Waals surface area contributed by atoms with E-state index in [1.807, 2.05) is 0 Å². The molecule has 0 saturated heterocycles. The summed E-state index contributed by atoms with van der Waals surface area (Å²) < 4.78 is 5.75. The first-order chi connectivity index (χ1) is 12.5. The van der Waals surface area contributed by atoms with Crippen molar-refractivity contribution in [3.63, 3.8) is 0 Å². The third-order valence-electron chi connectivity index (χ3n) is 3.17. The monoisotopic (exact) mass is 404 g/mol. The number of nitrogens with zero attached hydrogens (tertiary/aromatic N) is 3. The standard InChI is InChI=1S/C17H10Cl2N4O2S/c1-9(24)21-17-23-22-16(26-17)10(8-20)6-12-3-5-15(25-12)13-7-11(18)2-4-14(13)19/h2-7H,1H3,(H,21,23,24)/b10-6+. The molecular weight excluding hydrogens is 395 g/mol. The van der Waals surface area contributed by atoms with E-state index in [-0.39, 0.29) is 11.5 Å². The van der Waals surface area contributed by atoms with E-state index < -0.39 is 0 Å². The Balaban J connectivity index is 1.90. The van der Waals surface area contributed by atoms with Crippen LogP contribution in [0, 0.1) is 11.3 Å². The van der Waals surface area contributed by atoms with Crippen LogP contribution >= 0.6 is 34.5 Å². The highest BCUT2D eigenvalue weighted by molar-refractivity contribution is 7.16. The first kappa shape index (κ1) is 18.1. The number of nitriles is 1. The predicted molar refractivity (Wildman–Crippen MR) is 102 cm³/mol. The largest absolute Gasteiger partial charge is 0.457 e. The summed E-state index contributed by atoms with van der Waals surface area (Å²) in [6.45, 7) is 1.37. The van der Waals surface area contributed by atoms with Crippen LogP contribution in [0.4, 0.5) is 5.13 Å². The first-order valence-electron chi connectivity index (χ1n) is 7.25. The number of allylic oxidation sites excluding steroid dienone is 1. The van der Waals surface area contributed by atoms with Crippen LogP contribution in [0.2, 0.25) is 10.0 Å². The van der Waals surface area contributed by atoms with Gasteiger partial charge in [-0.3, -0.25) is 4.79 Å². The number of halogens is 2. The fourth-order valence-corrected chi connectivity index (χ4v) is 3.22. The molecule has 0 atom stereocenters. The molecule has 3 rings (SSSR count). The van der Waals surface area contributed by atoms with E-state index in [1.165, 1.54) is 6.92 Å².